The van der Waals surface area contributed by atoms with Gasteiger partial charge in [-0.25, -0.2) is 9.78 Å². The van der Waals surface area contributed by atoms with Gasteiger partial charge in [-0.1, -0.05) is 79.5 Å². The lowest BCUT2D eigenvalue weighted by Gasteiger charge is -2.47. The van der Waals surface area contributed by atoms with Crippen molar-refractivity contribution in [1.82, 2.24) is 14.5 Å². The van der Waals surface area contributed by atoms with E-state index in [-0.39, 0.29) is 17.0 Å². The van der Waals surface area contributed by atoms with Gasteiger partial charge in [-0.15, -0.1) is 0 Å². The predicted octanol–water partition coefficient (Wildman–Crippen LogP) is 5.78. The molecule has 2 heterocycles. The summed E-state index contributed by atoms with van der Waals surface area (Å²) in [5.74, 6) is -0.648. The maximum Gasteiger partial charge on any atom is 0.337 e. The van der Waals surface area contributed by atoms with Crippen molar-refractivity contribution in [2.75, 3.05) is 20.2 Å². The van der Waals surface area contributed by atoms with Gasteiger partial charge < -0.3 is 9.64 Å². The fourth-order valence-electron chi connectivity index (χ4n) is 5.12. The lowest BCUT2D eigenvalue weighted by atomic mass is 9.75. The summed E-state index contributed by atoms with van der Waals surface area (Å²) in [6.45, 7) is 2.64. The summed E-state index contributed by atoms with van der Waals surface area (Å²) in [4.78, 5) is 46.5. The third-order valence-electron chi connectivity index (χ3n) is 7.44. The van der Waals surface area contributed by atoms with E-state index in [1.165, 1.54) is 35.6 Å². The van der Waals surface area contributed by atoms with Crippen molar-refractivity contribution in [3.8, 4) is 11.8 Å². The number of ether oxygens (including phenoxy) is 1. The highest BCUT2D eigenvalue weighted by atomic mass is 35.5. The van der Waals surface area contributed by atoms with Gasteiger partial charge >= 0.3 is 5.97 Å². The number of amides is 1. The van der Waals surface area contributed by atoms with Crippen LogP contribution in [0, 0.1) is 11.3 Å². The number of likely N-dealkylation sites (tertiary alicyclic amines) is 1. The first-order valence-electron chi connectivity index (χ1n) is 13.6. The molecule has 10 heteroatoms. The number of halogens is 1. The summed E-state index contributed by atoms with van der Waals surface area (Å²) in [5, 5.41) is 10.5. The molecule has 4 aromatic rings. The van der Waals surface area contributed by atoms with Crippen molar-refractivity contribution in [2.24, 2.45) is 0 Å². The van der Waals surface area contributed by atoms with Gasteiger partial charge in [-0.3, -0.25) is 14.2 Å². The number of hydrogen-bond donors (Lipinski definition) is 0. The van der Waals surface area contributed by atoms with Crippen LogP contribution in [0.5, 0.6) is 0 Å². The number of methoxy groups -OCH3 is 1. The van der Waals surface area contributed by atoms with Gasteiger partial charge in [0.2, 0.25) is 5.91 Å². The molecule has 214 valence electrons. The van der Waals surface area contributed by atoms with Crippen molar-refractivity contribution >= 4 is 46.1 Å². The zero-order valence-electron chi connectivity index (χ0n) is 23.2. The number of nitrogens with zero attached hydrogens (tertiary/aromatic N) is 4. The second kappa shape index (κ2) is 12.4. The number of unbranched alkanes of at least 4 members (excludes halogenated alkanes) is 1. The number of carbonyl (C=O) groups excluding carboxylic acids is 2. The van der Waals surface area contributed by atoms with Crippen molar-refractivity contribution in [3.05, 3.63) is 99.3 Å². The van der Waals surface area contributed by atoms with E-state index in [1.807, 2.05) is 30.3 Å². The number of carbonyl (C=O) groups is 2. The van der Waals surface area contributed by atoms with Crippen LogP contribution in [0.1, 0.15) is 42.1 Å². The second-order valence-electron chi connectivity index (χ2n) is 10.2. The molecule has 1 aliphatic rings. The number of thioether (sulfide) groups is 1. The molecular formula is C32H29ClN4O4S. The van der Waals surface area contributed by atoms with Gasteiger partial charge in [0.1, 0.15) is 5.41 Å². The lowest BCUT2D eigenvalue weighted by Crippen LogP contribution is -2.62. The number of fused-ring (bicyclic) bond motifs is 1. The minimum absolute atomic E-state index is 0.106. The number of esters is 1. The average molecular weight is 601 g/mol. The fourth-order valence-corrected chi connectivity index (χ4v) is 6.54. The van der Waals surface area contributed by atoms with Crippen LogP contribution in [0.2, 0.25) is 5.02 Å². The molecule has 0 saturated carbocycles. The van der Waals surface area contributed by atoms with Crippen molar-refractivity contribution in [3.63, 3.8) is 0 Å². The van der Waals surface area contributed by atoms with Gasteiger partial charge in [-0.05, 0) is 48.4 Å². The topological polar surface area (TPSA) is 105 Å². The van der Waals surface area contributed by atoms with Crippen LogP contribution in [0.3, 0.4) is 0 Å². The third kappa shape index (κ3) is 5.65. The molecule has 1 aliphatic heterocycles. The Hall–Kier alpha value is -4.13. The summed E-state index contributed by atoms with van der Waals surface area (Å²) in [6.07, 6.45) is 2.24. The second-order valence-corrected chi connectivity index (χ2v) is 11.8. The van der Waals surface area contributed by atoms with E-state index in [2.05, 4.69) is 13.0 Å². The Balaban J connectivity index is 1.54. The highest BCUT2D eigenvalue weighted by molar-refractivity contribution is 8.00. The lowest BCUT2D eigenvalue weighted by molar-refractivity contribution is -0.136. The van der Waals surface area contributed by atoms with Crippen LogP contribution in [0.15, 0.2) is 82.7 Å². The van der Waals surface area contributed by atoms with Crippen molar-refractivity contribution in [1.29, 1.82) is 5.26 Å². The largest absolute Gasteiger partial charge is 0.465 e. The maximum absolute atomic E-state index is 13.9. The highest BCUT2D eigenvalue weighted by Gasteiger charge is 2.48. The molecule has 0 aliphatic carbocycles. The van der Waals surface area contributed by atoms with Gasteiger partial charge in [0.15, 0.2) is 5.16 Å². The predicted molar refractivity (Wildman–Crippen MR) is 163 cm³/mol. The molecule has 0 spiro atoms. The van der Waals surface area contributed by atoms with Crippen LogP contribution in [-0.2, 0) is 14.9 Å². The van der Waals surface area contributed by atoms with Crippen LogP contribution >= 0.6 is 23.4 Å². The Kier molecular flexibility index (Phi) is 8.66. The Morgan fingerprint density at radius 3 is 2.55 bits per heavy atom. The first kappa shape index (κ1) is 29.4. The minimum atomic E-state index is -0.745. The zero-order chi connectivity index (χ0) is 29.9. The van der Waals surface area contributed by atoms with Crippen LogP contribution in [0.4, 0.5) is 0 Å². The number of aromatic nitrogens is 2. The normalized spacial score (nSPS) is 14.6. The van der Waals surface area contributed by atoms with Crippen LogP contribution in [-0.4, -0.2) is 51.8 Å². The quantitative estimate of drug-likeness (QED) is 0.136. The molecule has 0 radical (unpaired) electrons. The summed E-state index contributed by atoms with van der Waals surface area (Å²) in [7, 11) is 1.29. The number of hydrogen-bond acceptors (Lipinski definition) is 7. The third-order valence-corrected chi connectivity index (χ3v) is 8.88. The molecule has 42 heavy (non-hydrogen) atoms. The monoisotopic (exact) mass is 600 g/mol. The van der Waals surface area contributed by atoms with E-state index in [1.54, 1.807) is 35.2 Å². The van der Waals surface area contributed by atoms with Gasteiger partial charge in [0.25, 0.3) is 5.56 Å². The highest BCUT2D eigenvalue weighted by Crippen LogP contribution is 2.37. The van der Waals surface area contributed by atoms with Crippen molar-refractivity contribution in [2.45, 2.75) is 42.0 Å². The Morgan fingerprint density at radius 2 is 1.88 bits per heavy atom. The number of nitriles is 1. The van der Waals surface area contributed by atoms with E-state index in [0.29, 0.717) is 46.3 Å². The Bertz CT molecular complexity index is 1750. The van der Waals surface area contributed by atoms with E-state index < -0.39 is 16.6 Å². The SMILES string of the molecule is CCCCC(Sc1nc2cc(C(=O)OC)ccc2c(=O)n1-c1cccc(Cl)c1)C(=O)N1CC(C#N)(c2ccccc2)C1. The molecule has 1 amide bonds. The summed E-state index contributed by atoms with van der Waals surface area (Å²) >= 11 is 7.50. The summed E-state index contributed by atoms with van der Waals surface area (Å²) in [5.41, 5.74) is 0.898. The summed E-state index contributed by atoms with van der Waals surface area (Å²) in [6, 6.07) is 23.4. The molecule has 0 N–H and O–H groups in total. The van der Waals surface area contributed by atoms with Crippen LogP contribution < -0.4 is 5.56 Å². The van der Waals surface area contributed by atoms with Gasteiger partial charge in [0.05, 0.1) is 40.6 Å². The van der Waals surface area contributed by atoms with E-state index in [4.69, 9.17) is 21.3 Å². The molecule has 5 rings (SSSR count). The number of rotatable bonds is 9. The van der Waals surface area contributed by atoms with E-state index in [0.717, 1.165) is 18.4 Å². The molecule has 3 aromatic carbocycles. The smallest absolute Gasteiger partial charge is 0.337 e. The maximum atomic E-state index is 13.9. The zero-order valence-corrected chi connectivity index (χ0v) is 24.8. The summed E-state index contributed by atoms with van der Waals surface area (Å²) < 4.78 is 6.31. The molecule has 0 bridgehead atoms. The van der Waals surface area contributed by atoms with Gasteiger partial charge in [0, 0.05) is 18.1 Å². The molecular weight excluding hydrogens is 572 g/mol. The first-order chi connectivity index (χ1) is 20.3. The molecule has 1 fully saturated rings. The molecule has 1 atom stereocenters. The van der Waals surface area contributed by atoms with Gasteiger partial charge in [-0.2, -0.15) is 5.26 Å². The molecule has 1 unspecified atom stereocenters. The fraction of sp³-hybridized carbons (Fsp3) is 0.281. The Morgan fingerprint density at radius 1 is 1.12 bits per heavy atom. The average Bonchev–Trinajstić information content (AvgIpc) is 2.98. The van der Waals surface area contributed by atoms with E-state index in [9.17, 15) is 19.6 Å². The van der Waals surface area contributed by atoms with Crippen LogP contribution in [0.25, 0.3) is 16.6 Å². The van der Waals surface area contributed by atoms with Crippen molar-refractivity contribution < 1.29 is 14.3 Å². The number of benzene rings is 3. The first-order valence-corrected chi connectivity index (χ1v) is 14.9. The minimum Gasteiger partial charge on any atom is -0.465 e. The van der Waals surface area contributed by atoms with E-state index >= 15 is 0 Å². The Labute approximate surface area is 252 Å². The molecule has 1 saturated heterocycles. The standard InChI is InChI=1S/C32H29ClN4O4S/c1-3-4-13-27(29(39)36-19-32(18-34,20-36)22-9-6-5-7-10-22)42-31-35-26-16-21(30(40)41-2)14-15-25(26)28(38)37(31)24-12-8-11-23(33)17-24/h5-12,14-17,27H,3-4,13,19-20H2,1-2H3. The molecule has 8 nitrogen and oxygen atoms in total. The molecule has 1 aromatic heterocycles.